The highest BCUT2D eigenvalue weighted by Crippen LogP contribution is 2.49. The summed E-state index contributed by atoms with van der Waals surface area (Å²) in [6, 6.07) is 10.7. The Morgan fingerprint density at radius 1 is 0.936 bits per heavy atom. The van der Waals surface area contributed by atoms with Crippen molar-refractivity contribution in [3.63, 3.8) is 0 Å². The molecule has 5 fully saturated rings. The van der Waals surface area contributed by atoms with E-state index in [-0.39, 0.29) is 34.1 Å². The van der Waals surface area contributed by atoms with Gasteiger partial charge in [-0.3, -0.25) is 0 Å². The van der Waals surface area contributed by atoms with E-state index in [0.717, 1.165) is 57.2 Å². The number of hydrogen-bond acceptors (Lipinski definition) is 7. The van der Waals surface area contributed by atoms with Crippen LogP contribution in [0.4, 0.5) is 14.6 Å². The van der Waals surface area contributed by atoms with Gasteiger partial charge in [-0.1, -0.05) is 25.5 Å². The zero-order chi connectivity index (χ0) is 31.9. The van der Waals surface area contributed by atoms with E-state index in [1.165, 1.54) is 44.5 Å². The molecule has 2 saturated carbocycles. The van der Waals surface area contributed by atoms with Crippen LogP contribution in [-0.4, -0.2) is 71.4 Å². The van der Waals surface area contributed by atoms with Gasteiger partial charge in [0, 0.05) is 61.2 Å². The van der Waals surface area contributed by atoms with Gasteiger partial charge in [0.05, 0.1) is 6.61 Å². The maximum Gasteiger partial charge on any atom is 0.319 e. The first-order chi connectivity index (χ1) is 22.9. The van der Waals surface area contributed by atoms with Crippen LogP contribution in [0.1, 0.15) is 57.4 Å². The van der Waals surface area contributed by atoms with E-state index in [0.29, 0.717) is 58.2 Å². The first-order valence-corrected chi connectivity index (χ1v) is 17.7. The topological polar surface area (TPSA) is 73.8 Å². The van der Waals surface area contributed by atoms with Crippen molar-refractivity contribution in [2.24, 2.45) is 17.3 Å². The minimum atomic E-state index is -0.517. The van der Waals surface area contributed by atoms with Crippen molar-refractivity contribution in [3.05, 3.63) is 53.6 Å². The van der Waals surface area contributed by atoms with Crippen LogP contribution in [-0.2, 0) is 6.42 Å². The molecule has 2 aliphatic carbocycles. The number of fused-ring (bicyclic) bond motifs is 5. The van der Waals surface area contributed by atoms with Gasteiger partial charge in [-0.05, 0) is 103 Å². The number of nitrogens with one attached hydrogen (secondary N) is 1. The van der Waals surface area contributed by atoms with Gasteiger partial charge in [-0.2, -0.15) is 9.97 Å². The number of aromatic hydroxyl groups is 1. The Morgan fingerprint density at radius 2 is 1.70 bits per heavy atom. The fourth-order valence-electron chi connectivity index (χ4n) is 9.35. The molecule has 0 spiro atoms. The molecular formula is C38H43F2N5O2. The number of phenols is 1. The summed E-state index contributed by atoms with van der Waals surface area (Å²) in [6.45, 7) is 7.45. The summed E-state index contributed by atoms with van der Waals surface area (Å²) in [5.41, 5.74) is 1.51. The van der Waals surface area contributed by atoms with Crippen molar-refractivity contribution in [1.29, 1.82) is 0 Å². The summed E-state index contributed by atoms with van der Waals surface area (Å²) in [6.07, 6.45) is 9.04. The van der Waals surface area contributed by atoms with Crippen molar-refractivity contribution in [2.75, 3.05) is 44.2 Å². The number of benzene rings is 3. The molecule has 9 rings (SSSR count). The Labute approximate surface area is 274 Å². The van der Waals surface area contributed by atoms with Crippen LogP contribution in [0, 0.1) is 28.9 Å². The molecule has 246 valence electrons. The van der Waals surface area contributed by atoms with Crippen molar-refractivity contribution in [3.8, 4) is 22.9 Å². The van der Waals surface area contributed by atoms with Gasteiger partial charge in [-0.25, -0.2) is 8.78 Å². The molecule has 2 bridgehead atoms. The molecule has 5 aliphatic rings. The Morgan fingerprint density at radius 3 is 2.43 bits per heavy atom. The number of nitrogens with zero attached hydrogens (tertiary/aromatic N) is 4. The summed E-state index contributed by atoms with van der Waals surface area (Å²) in [5.74, 6) is 1.56. The lowest BCUT2D eigenvalue weighted by Crippen LogP contribution is -2.51. The lowest BCUT2D eigenvalue weighted by molar-refractivity contribution is 0.165. The number of piperazine rings is 1. The van der Waals surface area contributed by atoms with Crippen LogP contribution in [0.3, 0.4) is 0 Å². The summed E-state index contributed by atoms with van der Waals surface area (Å²) in [4.78, 5) is 14.6. The highest BCUT2D eigenvalue weighted by Gasteiger charge is 2.47. The number of hydrogen-bond donors (Lipinski definition) is 2. The van der Waals surface area contributed by atoms with Gasteiger partial charge >= 0.3 is 6.01 Å². The second kappa shape index (κ2) is 11.3. The Bertz CT molecular complexity index is 1850. The SMILES string of the molecule is CCc1c(F)ccc2cc(O)cc(-c3ccc4c(N5CC6CCC(C5)N6)nc(OCC5(CN6C[C@H]7CCC[C@H]7C6)CC5)nc4c3F)c12. The predicted molar refractivity (Wildman–Crippen MR) is 180 cm³/mol. The largest absolute Gasteiger partial charge is 0.508 e. The molecule has 3 saturated heterocycles. The first-order valence-electron chi connectivity index (χ1n) is 17.7. The average molecular weight is 640 g/mol. The number of rotatable bonds is 8. The number of aryl methyl sites for hydroxylation is 1. The second-order valence-electron chi connectivity index (χ2n) is 15.1. The minimum Gasteiger partial charge on any atom is -0.508 e. The third-order valence-electron chi connectivity index (χ3n) is 11.9. The van der Waals surface area contributed by atoms with Gasteiger partial charge in [0.25, 0.3) is 0 Å². The number of likely N-dealkylation sites (tertiary alicyclic amines) is 1. The van der Waals surface area contributed by atoms with Crippen molar-refractivity contribution >= 4 is 27.5 Å². The fraction of sp³-hybridized carbons (Fsp3) is 0.526. The van der Waals surface area contributed by atoms with Gasteiger partial charge in [0.15, 0.2) is 5.82 Å². The average Bonchev–Trinajstić information content (AvgIpc) is 3.30. The molecule has 3 aliphatic heterocycles. The fourth-order valence-corrected chi connectivity index (χ4v) is 9.35. The summed E-state index contributed by atoms with van der Waals surface area (Å²) in [7, 11) is 0. The molecule has 4 heterocycles. The van der Waals surface area contributed by atoms with Crippen molar-refractivity contribution in [2.45, 2.75) is 70.4 Å². The van der Waals surface area contributed by atoms with Crippen LogP contribution in [0.2, 0.25) is 0 Å². The number of halogens is 2. The van der Waals surface area contributed by atoms with Gasteiger partial charge in [0.1, 0.15) is 22.9 Å². The number of aromatic nitrogens is 2. The highest BCUT2D eigenvalue weighted by atomic mass is 19.1. The Balaban J connectivity index is 1.10. The molecule has 9 heteroatoms. The minimum absolute atomic E-state index is 0.000659. The molecular weight excluding hydrogens is 596 g/mol. The van der Waals surface area contributed by atoms with Gasteiger partial charge in [-0.15, -0.1) is 0 Å². The number of anilines is 1. The molecule has 3 aromatic carbocycles. The van der Waals surface area contributed by atoms with E-state index >= 15 is 8.78 Å². The van der Waals surface area contributed by atoms with Crippen LogP contribution in [0.25, 0.3) is 32.8 Å². The standard InChI is InChI=1S/C38H43F2N5O2/c1-2-28-32(39)11-6-22-14-27(46)15-31(33(22)28)29-9-10-30-35(34(29)40)42-37(43-36(30)45-18-25-7-8-26(19-45)41-25)47-21-38(12-13-38)20-44-16-23-4-3-5-24(23)17-44/h6,9-11,14-15,23-26,41,46H,2-5,7-8,12-13,16-21H2,1H3/t23-,24+,25?,26?. The van der Waals surface area contributed by atoms with E-state index in [1.807, 2.05) is 13.0 Å². The van der Waals surface area contributed by atoms with E-state index in [4.69, 9.17) is 14.7 Å². The van der Waals surface area contributed by atoms with E-state index in [2.05, 4.69) is 15.1 Å². The molecule has 4 atom stereocenters. The molecule has 0 radical (unpaired) electrons. The highest BCUT2D eigenvalue weighted by molar-refractivity contribution is 6.03. The lowest BCUT2D eigenvalue weighted by Gasteiger charge is -2.34. The van der Waals surface area contributed by atoms with Gasteiger partial charge in [0.2, 0.25) is 0 Å². The number of phenolic OH excluding ortho intramolecular Hbond substituents is 1. The second-order valence-corrected chi connectivity index (χ2v) is 15.1. The molecule has 1 aromatic heterocycles. The molecule has 47 heavy (non-hydrogen) atoms. The molecule has 2 N–H and O–H groups in total. The van der Waals surface area contributed by atoms with E-state index < -0.39 is 5.82 Å². The normalized spacial score (nSPS) is 26.4. The zero-order valence-electron chi connectivity index (χ0n) is 27.1. The lowest BCUT2D eigenvalue weighted by atomic mass is 9.92. The van der Waals surface area contributed by atoms with Crippen LogP contribution in [0.5, 0.6) is 11.8 Å². The quantitative estimate of drug-likeness (QED) is 0.219. The predicted octanol–water partition coefficient (Wildman–Crippen LogP) is 6.83. The molecule has 2 unspecified atom stereocenters. The smallest absolute Gasteiger partial charge is 0.319 e. The third-order valence-corrected chi connectivity index (χ3v) is 11.9. The van der Waals surface area contributed by atoms with Crippen LogP contribution in [0.15, 0.2) is 36.4 Å². The summed E-state index contributed by atoms with van der Waals surface area (Å²) < 4.78 is 38.4. The maximum absolute atomic E-state index is 17.0. The zero-order valence-corrected chi connectivity index (χ0v) is 27.1. The van der Waals surface area contributed by atoms with E-state index in [1.54, 1.807) is 18.2 Å². The monoisotopic (exact) mass is 639 g/mol. The molecule has 4 aromatic rings. The summed E-state index contributed by atoms with van der Waals surface area (Å²) >= 11 is 0. The van der Waals surface area contributed by atoms with Crippen LogP contribution < -0.4 is 15.0 Å². The maximum atomic E-state index is 17.0. The Hall–Kier alpha value is -3.56. The van der Waals surface area contributed by atoms with Crippen molar-refractivity contribution < 1.29 is 18.6 Å². The number of ether oxygens (including phenoxy) is 1. The van der Waals surface area contributed by atoms with Crippen LogP contribution >= 0.6 is 0 Å². The van der Waals surface area contributed by atoms with Crippen molar-refractivity contribution in [1.82, 2.24) is 20.2 Å². The molecule has 7 nitrogen and oxygen atoms in total. The van der Waals surface area contributed by atoms with E-state index in [9.17, 15) is 5.11 Å². The Kier molecular flexibility index (Phi) is 7.09. The first kappa shape index (κ1) is 29.6. The van der Waals surface area contributed by atoms with Gasteiger partial charge < -0.3 is 25.0 Å². The summed E-state index contributed by atoms with van der Waals surface area (Å²) in [5, 5.41) is 16.2. The third kappa shape index (κ3) is 5.21. The molecule has 0 amide bonds.